The molecule has 1 saturated heterocycles. The van der Waals surface area contributed by atoms with Crippen LogP contribution in [-0.2, 0) is 7.05 Å². The molecular weight excluding hydrogens is 252 g/mol. The van der Waals surface area contributed by atoms with Gasteiger partial charge in [0.25, 0.3) is 0 Å². The second kappa shape index (κ2) is 5.26. The molecule has 0 spiro atoms. The molecule has 0 radical (unpaired) electrons. The lowest BCUT2D eigenvalue weighted by atomic mass is 10.3. The molecule has 3 heterocycles. The zero-order chi connectivity index (χ0) is 14.1. The first kappa shape index (κ1) is 13.1. The van der Waals surface area contributed by atoms with Crippen LogP contribution in [0.5, 0.6) is 0 Å². The number of aryl methyl sites for hydroxylation is 1. The first-order chi connectivity index (χ1) is 9.74. The van der Waals surface area contributed by atoms with Crippen molar-refractivity contribution in [2.75, 3.05) is 36.0 Å². The molecule has 0 saturated carbocycles. The highest BCUT2D eigenvalue weighted by Crippen LogP contribution is 2.28. The van der Waals surface area contributed by atoms with Gasteiger partial charge in [-0.1, -0.05) is 0 Å². The Balaban J connectivity index is 2.15. The Morgan fingerprint density at radius 1 is 1.15 bits per heavy atom. The molecule has 0 bridgehead atoms. The number of hydrogen-bond donors (Lipinski definition) is 0. The third-order valence-corrected chi connectivity index (χ3v) is 4.01. The van der Waals surface area contributed by atoms with Crippen LogP contribution in [0.25, 0.3) is 11.0 Å². The van der Waals surface area contributed by atoms with Crippen molar-refractivity contribution < 1.29 is 0 Å². The molecule has 1 fully saturated rings. The Kier molecular flexibility index (Phi) is 3.46. The van der Waals surface area contributed by atoms with E-state index < -0.39 is 0 Å². The van der Waals surface area contributed by atoms with Gasteiger partial charge >= 0.3 is 0 Å². The molecule has 3 rings (SSSR count). The standard InChI is InChI=1S/C14H22N6/c1-4-19(5-2)14-16-12-11(10-15-18(12)3)13(17-14)20-8-6-7-9-20/h10H,4-9H2,1-3H3. The van der Waals surface area contributed by atoms with Crippen LogP contribution in [0.15, 0.2) is 6.20 Å². The molecule has 6 heteroatoms. The van der Waals surface area contributed by atoms with Crippen molar-refractivity contribution >= 4 is 22.8 Å². The molecule has 108 valence electrons. The predicted molar refractivity (Wildman–Crippen MR) is 81.3 cm³/mol. The van der Waals surface area contributed by atoms with Gasteiger partial charge in [-0.3, -0.25) is 4.68 Å². The van der Waals surface area contributed by atoms with Crippen LogP contribution in [0.4, 0.5) is 11.8 Å². The largest absolute Gasteiger partial charge is 0.356 e. The Bertz CT molecular complexity index is 595. The molecule has 0 aromatic carbocycles. The molecule has 6 nitrogen and oxygen atoms in total. The van der Waals surface area contributed by atoms with Crippen LogP contribution in [0.1, 0.15) is 26.7 Å². The molecule has 0 unspecified atom stereocenters. The van der Waals surface area contributed by atoms with Crippen LogP contribution in [0, 0.1) is 0 Å². The van der Waals surface area contributed by atoms with E-state index in [0.29, 0.717) is 0 Å². The van der Waals surface area contributed by atoms with E-state index in [4.69, 9.17) is 9.97 Å². The molecule has 1 aliphatic rings. The van der Waals surface area contributed by atoms with Gasteiger partial charge in [-0.25, -0.2) is 0 Å². The molecule has 0 amide bonds. The van der Waals surface area contributed by atoms with E-state index in [1.165, 1.54) is 12.8 Å². The van der Waals surface area contributed by atoms with Gasteiger partial charge in [0.15, 0.2) is 5.65 Å². The fourth-order valence-corrected chi connectivity index (χ4v) is 2.81. The number of fused-ring (bicyclic) bond motifs is 1. The summed E-state index contributed by atoms with van der Waals surface area (Å²) in [4.78, 5) is 14.1. The molecule has 1 aliphatic heterocycles. The first-order valence-electron chi connectivity index (χ1n) is 7.44. The first-order valence-corrected chi connectivity index (χ1v) is 7.44. The van der Waals surface area contributed by atoms with Gasteiger partial charge in [-0.05, 0) is 26.7 Å². The number of aromatic nitrogens is 4. The summed E-state index contributed by atoms with van der Waals surface area (Å²) in [5, 5.41) is 5.41. The van der Waals surface area contributed by atoms with E-state index in [2.05, 4.69) is 28.7 Å². The van der Waals surface area contributed by atoms with E-state index in [0.717, 1.165) is 49.0 Å². The summed E-state index contributed by atoms with van der Waals surface area (Å²) >= 11 is 0. The zero-order valence-electron chi connectivity index (χ0n) is 12.5. The number of rotatable bonds is 4. The lowest BCUT2D eigenvalue weighted by Crippen LogP contribution is -2.26. The summed E-state index contributed by atoms with van der Waals surface area (Å²) in [6.07, 6.45) is 4.37. The minimum Gasteiger partial charge on any atom is -0.356 e. The number of anilines is 2. The van der Waals surface area contributed by atoms with E-state index in [9.17, 15) is 0 Å². The molecule has 2 aromatic rings. The van der Waals surface area contributed by atoms with Crippen molar-refractivity contribution in [2.45, 2.75) is 26.7 Å². The van der Waals surface area contributed by atoms with Gasteiger partial charge in [0.1, 0.15) is 5.82 Å². The van der Waals surface area contributed by atoms with E-state index >= 15 is 0 Å². The molecule has 2 aromatic heterocycles. The third kappa shape index (κ3) is 2.09. The molecular formula is C14H22N6. The third-order valence-electron chi connectivity index (χ3n) is 4.01. The highest BCUT2D eigenvalue weighted by molar-refractivity contribution is 5.88. The number of hydrogen-bond acceptors (Lipinski definition) is 5. The summed E-state index contributed by atoms with van der Waals surface area (Å²) in [6, 6.07) is 0. The minimum absolute atomic E-state index is 0.813. The monoisotopic (exact) mass is 274 g/mol. The van der Waals surface area contributed by atoms with E-state index in [1.54, 1.807) is 0 Å². The summed E-state index contributed by atoms with van der Waals surface area (Å²) in [6.45, 7) is 8.27. The van der Waals surface area contributed by atoms with Gasteiger partial charge in [0.05, 0.1) is 11.6 Å². The van der Waals surface area contributed by atoms with Gasteiger partial charge in [0, 0.05) is 33.2 Å². The minimum atomic E-state index is 0.813. The summed E-state index contributed by atoms with van der Waals surface area (Å²) < 4.78 is 1.84. The molecule has 20 heavy (non-hydrogen) atoms. The Hall–Kier alpha value is -1.85. The highest BCUT2D eigenvalue weighted by Gasteiger charge is 2.21. The second-order valence-electron chi connectivity index (χ2n) is 5.22. The van der Waals surface area contributed by atoms with Crippen LogP contribution in [-0.4, -0.2) is 45.9 Å². The van der Waals surface area contributed by atoms with Crippen LogP contribution in [0.2, 0.25) is 0 Å². The summed E-state index contributed by atoms with van der Waals surface area (Å²) in [5.41, 5.74) is 0.920. The lowest BCUT2D eigenvalue weighted by molar-refractivity contribution is 0.774. The fourth-order valence-electron chi connectivity index (χ4n) is 2.81. The van der Waals surface area contributed by atoms with Gasteiger partial charge in [0.2, 0.25) is 5.95 Å². The molecule has 0 aliphatic carbocycles. The van der Waals surface area contributed by atoms with Crippen LogP contribution >= 0.6 is 0 Å². The maximum absolute atomic E-state index is 4.83. The normalized spacial score (nSPS) is 15.2. The Labute approximate surface area is 119 Å². The second-order valence-corrected chi connectivity index (χ2v) is 5.22. The average molecular weight is 274 g/mol. The van der Waals surface area contributed by atoms with Crippen molar-refractivity contribution in [1.29, 1.82) is 0 Å². The van der Waals surface area contributed by atoms with E-state index in [1.807, 2.05) is 17.9 Å². The van der Waals surface area contributed by atoms with Crippen molar-refractivity contribution in [1.82, 2.24) is 19.7 Å². The van der Waals surface area contributed by atoms with Gasteiger partial charge in [-0.2, -0.15) is 15.1 Å². The Morgan fingerprint density at radius 2 is 1.85 bits per heavy atom. The summed E-state index contributed by atoms with van der Waals surface area (Å²) in [7, 11) is 1.94. The van der Waals surface area contributed by atoms with Gasteiger partial charge in [-0.15, -0.1) is 0 Å². The summed E-state index contributed by atoms with van der Waals surface area (Å²) in [5.74, 6) is 1.86. The van der Waals surface area contributed by atoms with Crippen molar-refractivity contribution in [3.63, 3.8) is 0 Å². The van der Waals surface area contributed by atoms with Crippen LogP contribution in [0.3, 0.4) is 0 Å². The van der Waals surface area contributed by atoms with E-state index in [-0.39, 0.29) is 0 Å². The topological polar surface area (TPSA) is 50.1 Å². The van der Waals surface area contributed by atoms with Gasteiger partial charge < -0.3 is 9.80 Å². The maximum Gasteiger partial charge on any atom is 0.229 e. The average Bonchev–Trinajstić information content (AvgIpc) is 3.10. The Morgan fingerprint density at radius 3 is 2.50 bits per heavy atom. The highest BCUT2D eigenvalue weighted by atomic mass is 15.3. The lowest BCUT2D eigenvalue weighted by Gasteiger charge is -2.22. The SMILES string of the molecule is CCN(CC)c1nc(N2CCCC2)c2cnn(C)c2n1. The van der Waals surface area contributed by atoms with Crippen molar-refractivity contribution in [2.24, 2.45) is 7.05 Å². The maximum atomic E-state index is 4.83. The smallest absolute Gasteiger partial charge is 0.229 e. The fraction of sp³-hybridized carbons (Fsp3) is 0.643. The zero-order valence-corrected chi connectivity index (χ0v) is 12.5. The van der Waals surface area contributed by atoms with Crippen molar-refractivity contribution in [3.05, 3.63) is 6.20 Å². The molecule has 0 N–H and O–H groups in total. The van der Waals surface area contributed by atoms with Crippen molar-refractivity contribution in [3.8, 4) is 0 Å². The number of nitrogens with zero attached hydrogens (tertiary/aromatic N) is 6. The quantitative estimate of drug-likeness (QED) is 0.851. The molecule has 0 atom stereocenters. The predicted octanol–water partition coefficient (Wildman–Crippen LogP) is 1.81. The van der Waals surface area contributed by atoms with Crippen LogP contribution < -0.4 is 9.80 Å².